The van der Waals surface area contributed by atoms with E-state index in [9.17, 15) is 50.4 Å². The van der Waals surface area contributed by atoms with Crippen LogP contribution in [0.4, 0.5) is 5.69 Å². The molecule has 12 N–H and O–H groups in total. The van der Waals surface area contributed by atoms with Gasteiger partial charge in [0.2, 0.25) is 24.1 Å². The topological polar surface area (TPSA) is 314 Å². The highest BCUT2D eigenvalue weighted by atomic mass is 16.7. The van der Waals surface area contributed by atoms with Crippen LogP contribution in [0.25, 0.3) is 0 Å². The number of ether oxygens (including phenoxy) is 6. The fourth-order valence-electron chi connectivity index (χ4n) is 9.33. The van der Waals surface area contributed by atoms with Crippen LogP contribution >= 0.6 is 0 Å². The van der Waals surface area contributed by atoms with E-state index in [2.05, 4.69) is 27.5 Å². The molecule has 0 aliphatic carbocycles. The molecule has 4 heterocycles. The molecule has 20 heteroatoms. The predicted molar refractivity (Wildman–Crippen MR) is 233 cm³/mol. The Labute approximate surface area is 379 Å². The number of carbonyl (C=O) groups excluding carboxylic acids is 1. The van der Waals surface area contributed by atoms with Crippen molar-refractivity contribution in [1.29, 1.82) is 0 Å². The van der Waals surface area contributed by atoms with Crippen LogP contribution in [0, 0.1) is 29.6 Å². The molecule has 0 aromatic heterocycles. The molecule has 1 fully saturated rings. The van der Waals surface area contributed by atoms with E-state index in [0.717, 1.165) is 11.6 Å². The molecule has 66 heavy (non-hydrogen) atoms. The summed E-state index contributed by atoms with van der Waals surface area (Å²) >= 11 is 0. The summed E-state index contributed by atoms with van der Waals surface area (Å²) in [6.07, 6.45) is -11.4. The number of benzene rings is 3. The molecule has 4 aliphatic heterocycles. The summed E-state index contributed by atoms with van der Waals surface area (Å²) in [5, 5.41) is 99.9. The molecule has 1 spiro atoms. The summed E-state index contributed by atoms with van der Waals surface area (Å²) in [6, 6.07) is 9.78. The highest BCUT2D eigenvalue weighted by Gasteiger charge is 2.66. The number of rotatable bonds is 11. The number of carboxylic acids is 1. The van der Waals surface area contributed by atoms with Crippen LogP contribution in [0.1, 0.15) is 71.0 Å². The van der Waals surface area contributed by atoms with E-state index in [1.807, 2.05) is 44.2 Å². The molecule has 356 valence electrons. The van der Waals surface area contributed by atoms with Gasteiger partial charge in [-0.3, -0.25) is 4.99 Å². The van der Waals surface area contributed by atoms with Gasteiger partial charge in [-0.1, -0.05) is 56.0 Å². The number of nitrogens with two attached hydrogens (primary N) is 1. The zero-order valence-electron chi connectivity index (χ0n) is 37.0. The molecule has 0 radical (unpaired) electrons. The Morgan fingerprint density at radius 1 is 1.09 bits per heavy atom. The van der Waals surface area contributed by atoms with Crippen molar-refractivity contribution in [2.75, 3.05) is 32.8 Å². The molecule has 1 saturated heterocycles. The molecular weight excluding hydrogens is 865 g/mol. The number of carboxylic acid groups (broad SMARTS) is 1. The quantitative estimate of drug-likeness (QED) is 0.0425. The number of methoxy groups -OCH3 is 1. The largest absolute Gasteiger partial charge is 0.504 e. The molecule has 20 nitrogen and oxygen atoms in total. The minimum atomic E-state index is -2.73. The average molecular weight is 921 g/mol. The summed E-state index contributed by atoms with van der Waals surface area (Å²) in [5.41, 5.74) is 0.744. The molecule has 3 aromatic carbocycles. The molecule has 7 rings (SSSR count). The zero-order chi connectivity index (χ0) is 47.8. The van der Waals surface area contributed by atoms with E-state index in [1.165, 1.54) is 14.2 Å². The lowest BCUT2D eigenvalue weighted by atomic mass is 9.71. The number of carbonyl (C=O) groups is 2. The summed E-state index contributed by atoms with van der Waals surface area (Å²) in [6.45, 7) is 4.98. The molecule has 4 aliphatic rings. The van der Waals surface area contributed by atoms with Gasteiger partial charge in [0.25, 0.3) is 0 Å². The number of aliphatic hydroxyl groups excluding tert-OH is 4. The van der Waals surface area contributed by atoms with Crippen molar-refractivity contribution >= 4 is 23.6 Å². The van der Waals surface area contributed by atoms with Gasteiger partial charge in [-0.25, -0.2) is 9.59 Å². The first kappa shape index (κ1) is 47.7. The SMILES string of the molecule is CN=C(N)NCOc1cc(C(=O)O)c2c3c1O[C@@H]1O[C@@]4(CCc5c(OC)c(O)c(OCCc6ccccc6)c(O)c5C(=O)O[C@H]4O)[C@@H](O)[C@@](O)(CC#C[C@@H](C3)[C@@H]([C@H](O)C(C)C)[C@@H](C)N2)[C@H]1O. The summed E-state index contributed by atoms with van der Waals surface area (Å²) in [7, 11) is 2.62. The second-order valence-corrected chi connectivity index (χ2v) is 17.2. The Bertz CT molecular complexity index is 2420. The number of aliphatic imine (C=N–C) groups is 1. The number of hydrogen-bond donors (Lipinski definition) is 11. The molecule has 4 bridgehead atoms. The standard InChI is InChI=1S/C46H56N4O16/c1-21(2)32(51)29-22(3)50-31-26-18-24(29)12-9-15-45(60)38(54)41(64-35(26)28(19-27(31)39(55)56)63-20-49-44(47)48-4)66-46(42(45)58)16-13-25-30(40(57)65-43(46)59)33(52)37(34(53)36(25)61-5)62-17-14-23-10-7-6-8-11-23/h6-8,10-11,19,21-22,24,29,32,38,41-43,50-54,58-60H,13-18,20H2,1-5H3,(H,55,56)(H3,47,48,49)/t22-,24+,29+,32-,38+,41-,42+,43-,45-,46+/m1/s1. The number of nitrogens with zero attached hydrogens (tertiary/aromatic N) is 1. The smallest absolute Gasteiger partial charge is 0.344 e. The van der Waals surface area contributed by atoms with Gasteiger partial charge in [-0.05, 0) is 37.7 Å². The van der Waals surface area contributed by atoms with Crippen LogP contribution in [-0.4, -0.2) is 134 Å². The minimum absolute atomic E-state index is 0.0283. The Kier molecular flexibility index (Phi) is 13.7. The van der Waals surface area contributed by atoms with Gasteiger partial charge in [0.15, 0.2) is 41.3 Å². The van der Waals surface area contributed by atoms with Crippen molar-refractivity contribution < 1.29 is 78.9 Å². The van der Waals surface area contributed by atoms with Crippen LogP contribution in [0.3, 0.4) is 0 Å². The lowest BCUT2D eigenvalue weighted by molar-refractivity contribution is -0.381. The average Bonchev–Trinajstić information content (AvgIpc) is 3.43. The van der Waals surface area contributed by atoms with Gasteiger partial charge >= 0.3 is 11.9 Å². The van der Waals surface area contributed by atoms with E-state index < -0.39 is 114 Å². The molecule has 3 aromatic rings. The molecule has 0 unspecified atom stereocenters. The number of nitrogens with one attached hydrogen (secondary N) is 2. The molecular formula is C46H56N4O16. The number of cyclic esters (lactones) is 1. The van der Waals surface area contributed by atoms with E-state index in [1.54, 1.807) is 6.92 Å². The first-order valence-corrected chi connectivity index (χ1v) is 21.5. The molecule has 0 amide bonds. The normalized spacial score (nSPS) is 28.6. The highest BCUT2D eigenvalue weighted by molar-refractivity contribution is 5.98. The van der Waals surface area contributed by atoms with Crippen molar-refractivity contribution in [3.63, 3.8) is 0 Å². The monoisotopic (exact) mass is 920 g/mol. The Hall–Kier alpha value is -6.21. The predicted octanol–water partition coefficient (Wildman–Crippen LogP) is 1.36. The first-order chi connectivity index (χ1) is 31.4. The van der Waals surface area contributed by atoms with E-state index in [-0.39, 0.29) is 71.3 Å². The first-order valence-electron chi connectivity index (χ1n) is 21.5. The lowest BCUT2D eigenvalue weighted by Gasteiger charge is -2.54. The number of anilines is 1. The summed E-state index contributed by atoms with van der Waals surface area (Å²) in [5.74, 6) is -1.20. The van der Waals surface area contributed by atoms with Gasteiger partial charge in [0.05, 0.1) is 31.1 Å². The summed E-state index contributed by atoms with van der Waals surface area (Å²) < 4.78 is 35.7. The van der Waals surface area contributed by atoms with Crippen LogP contribution < -0.4 is 35.3 Å². The number of fused-ring (bicyclic) bond motifs is 4. The maximum Gasteiger partial charge on any atom is 0.344 e. The number of guanidine groups is 1. The van der Waals surface area contributed by atoms with Crippen LogP contribution in [0.2, 0.25) is 0 Å². The fourth-order valence-corrected chi connectivity index (χ4v) is 9.33. The lowest BCUT2D eigenvalue weighted by Crippen LogP contribution is -2.75. The van der Waals surface area contributed by atoms with Gasteiger partial charge < -0.3 is 85.6 Å². The van der Waals surface area contributed by atoms with Crippen molar-refractivity contribution in [3.05, 3.63) is 64.2 Å². The van der Waals surface area contributed by atoms with Gasteiger partial charge in [0.1, 0.15) is 23.4 Å². The maximum absolute atomic E-state index is 14.1. The Morgan fingerprint density at radius 2 is 1.82 bits per heavy atom. The third-order valence-electron chi connectivity index (χ3n) is 12.9. The number of aliphatic hydroxyl groups is 5. The van der Waals surface area contributed by atoms with Crippen LogP contribution in [0.5, 0.6) is 34.5 Å². The van der Waals surface area contributed by atoms with Crippen LogP contribution in [0.15, 0.2) is 41.4 Å². The third kappa shape index (κ3) is 8.53. The third-order valence-corrected chi connectivity index (χ3v) is 12.9. The van der Waals surface area contributed by atoms with Crippen molar-refractivity contribution in [1.82, 2.24) is 5.32 Å². The second kappa shape index (κ2) is 18.9. The summed E-state index contributed by atoms with van der Waals surface area (Å²) in [4.78, 5) is 30.9. The second-order valence-electron chi connectivity index (χ2n) is 17.2. The van der Waals surface area contributed by atoms with Crippen molar-refractivity contribution in [2.24, 2.45) is 28.5 Å². The van der Waals surface area contributed by atoms with Crippen LogP contribution in [-0.2, 0) is 28.7 Å². The van der Waals surface area contributed by atoms with E-state index >= 15 is 0 Å². The molecule has 0 saturated carbocycles. The minimum Gasteiger partial charge on any atom is -0.504 e. The van der Waals surface area contributed by atoms with Crippen molar-refractivity contribution in [2.45, 2.75) is 101 Å². The van der Waals surface area contributed by atoms with Gasteiger partial charge in [-0.2, -0.15) is 0 Å². The van der Waals surface area contributed by atoms with E-state index in [4.69, 9.17) is 34.2 Å². The van der Waals surface area contributed by atoms with Gasteiger partial charge in [-0.15, -0.1) is 0 Å². The zero-order valence-corrected chi connectivity index (χ0v) is 37.0. The number of esters is 1. The molecule has 10 atom stereocenters. The number of phenolic OH excluding ortho intramolecular Hbond substituents is 2. The number of aromatic carboxylic acids is 1. The Morgan fingerprint density at radius 3 is 2.48 bits per heavy atom. The number of hydrogen-bond acceptors (Lipinski definition) is 17. The number of phenols is 2. The van der Waals surface area contributed by atoms with Gasteiger partial charge in [0, 0.05) is 55.0 Å². The van der Waals surface area contributed by atoms with Crippen molar-refractivity contribution in [3.8, 4) is 46.3 Å². The fraction of sp³-hybridized carbons (Fsp3) is 0.500. The van der Waals surface area contributed by atoms with E-state index in [0.29, 0.717) is 6.42 Å². The number of aromatic hydroxyl groups is 2. The maximum atomic E-state index is 14.1. The highest BCUT2D eigenvalue weighted by Crippen LogP contribution is 2.53. The Balaban J connectivity index is 1.35.